The summed E-state index contributed by atoms with van der Waals surface area (Å²) in [6, 6.07) is 5.31. The summed E-state index contributed by atoms with van der Waals surface area (Å²) < 4.78 is 37.6. The van der Waals surface area contributed by atoms with Crippen LogP contribution >= 0.6 is 0 Å². The summed E-state index contributed by atoms with van der Waals surface area (Å²) in [7, 11) is 3.96. The fourth-order valence-electron chi connectivity index (χ4n) is 8.44. The fraction of sp³-hybridized carbons (Fsp3) is 0.684. The van der Waals surface area contributed by atoms with Crippen LogP contribution in [0.15, 0.2) is 29.2 Å². The van der Waals surface area contributed by atoms with E-state index in [1.54, 1.807) is 41.6 Å². The van der Waals surface area contributed by atoms with Crippen LogP contribution in [0.4, 0.5) is 19.3 Å². The third-order valence-corrected chi connectivity index (χ3v) is 11.2. The van der Waals surface area contributed by atoms with Crippen molar-refractivity contribution in [3.63, 3.8) is 0 Å². The predicted octanol–water partition coefficient (Wildman–Crippen LogP) is 5.56. The van der Waals surface area contributed by atoms with Crippen LogP contribution in [0.25, 0.3) is 11.0 Å². The molecule has 2 amide bonds. The Bertz CT molecular complexity index is 1800. The number of amides is 2. The molecule has 1 aromatic carbocycles. The number of piperidine rings is 2. The number of nitrogens with zero attached hydrogens (tertiary/aromatic N) is 6. The van der Waals surface area contributed by atoms with Gasteiger partial charge in [0.2, 0.25) is 5.91 Å². The number of fused-ring (bicyclic) bond motifs is 1. The molecule has 15 heteroatoms. The van der Waals surface area contributed by atoms with Gasteiger partial charge < -0.3 is 20.1 Å². The van der Waals surface area contributed by atoms with E-state index < -0.39 is 36.1 Å². The maximum absolute atomic E-state index is 13.8. The number of aliphatic hydroxyl groups excluding tert-OH is 1. The number of halogens is 2. The van der Waals surface area contributed by atoms with Gasteiger partial charge in [0.15, 0.2) is 5.69 Å². The highest BCUT2D eigenvalue weighted by atomic mass is 19.3. The largest absolute Gasteiger partial charge is 0.444 e. The van der Waals surface area contributed by atoms with Crippen molar-refractivity contribution in [2.75, 3.05) is 38.5 Å². The summed E-state index contributed by atoms with van der Waals surface area (Å²) in [5.74, 6) is 0.862. The number of aryl methyl sites for hydroxylation is 1. The van der Waals surface area contributed by atoms with E-state index in [1.165, 1.54) is 6.20 Å². The molecule has 13 nitrogen and oxygen atoms in total. The molecule has 3 fully saturated rings. The van der Waals surface area contributed by atoms with Crippen LogP contribution in [0.1, 0.15) is 108 Å². The van der Waals surface area contributed by atoms with Crippen LogP contribution < -0.4 is 16.3 Å². The average molecular weight is 743 g/mol. The lowest BCUT2D eigenvalue weighted by molar-refractivity contribution is -0.130. The number of hydrogen-bond donors (Lipinski definition) is 3. The van der Waals surface area contributed by atoms with E-state index >= 15 is 0 Å². The first-order valence-electron chi connectivity index (χ1n) is 19.1. The molecule has 2 aliphatic heterocycles. The Kier molecular flexibility index (Phi) is 11.9. The van der Waals surface area contributed by atoms with Crippen molar-refractivity contribution in [2.24, 2.45) is 18.9 Å². The number of benzene rings is 1. The number of alkyl halides is 2. The molecule has 0 spiro atoms. The normalized spacial score (nSPS) is 23.5. The highest BCUT2D eigenvalue weighted by molar-refractivity contribution is 5.86. The van der Waals surface area contributed by atoms with Gasteiger partial charge in [-0.2, -0.15) is 5.10 Å². The van der Waals surface area contributed by atoms with Gasteiger partial charge in [-0.15, -0.1) is 0 Å². The summed E-state index contributed by atoms with van der Waals surface area (Å²) in [5.41, 5.74) is 1.29. The minimum absolute atomic E-state index is 0.00432. The first kappa shape index (κ1) is 38.9. The minimum Gasteiger partial charge on any atom is -0.444 e. The Balaban J connectivity index is 0.946. The lowest BCUT2D eigenvalue weighted by Gasteiger charge is -2.34. The Morgan fingerprint density at radius 3 is 2.45 bits per heavy atom. The average Bonchev–Trinajstić information content (AvgIpc) is 3.62. The van der Waals surface area contributed by atoms with Gasteiger partial charge in [-0.05, 0) is 129 Å². The van der Waals surface area contributed by atoms with Crippen molar-refractivity contribution in [3.05, 3.63) is 46.1 Å². The number of anilines is 1. The predicted molar refractivity (Wildman–Crippen MR) is 198 cm³/mol. The van der Waals surface area contributed by atoms with E-state index in [0.717, 1.165) is 94.3 Å². The first-order chi connectivity index (χ1) is 25.2. The van der Waals surface area contributed by atoms with Crippen molar-refractivity contribution in [2.45, 2.75) is 115 Å². The Hall–Kier alpha value is -3.82. The van der Waals surface area contributed by atoms with Gasteiger partial charge in [0, 0.05) is 26.3 Å². The Morgan fingerprint density at radius 2 is 1.79 bits per heavy atom. The zero-order valence-corrected chi connectivity index (χ0v) is 31.7. The number of nitrogens with one attached hydrogen (secondary N) is 2. The number of aliphatic hydroxyl groups is 1. The maximum Gasteiger partial charge on any atom is 0.412 e. The zero-order chi connectivity index (χ0) is 38.0. The Morgan fingerprint density at radius 1 is 1.08 bits per heavy atom. The minimum atomic E-state index is -2.81. The highest BCUT2D eigenvalue weighted by Crippen LogP contribution is 2.35. The van der Waals surface area contributed by atoms with Crippen LogP contribution in [0.2, 0.25) is 0 Å². The van der Waals surface area contributed by atoms with E-state index in [-0.39, 0.29) is 23.3 Å². The van der Waals surface area contributed by atoms with Gasteiger partial charge in [-0.1, -0.05) is 12.1 Å². The molecule has 4 heterocycles. The lowest BCUT2D eigenvalue weighted by atomic mass is 9.85. The topological polar surface area (TPSA) is 139 Å². The molecule has 6 rings (SSSR count). The number of aromatic nitrogens is 4. The highest BCUT2D eigenvalue weighted by Gasteiger charge is 2.32. The molecule has 3 aromatic rings. The number of carbonyl (C=O) groups is 2. The standard InChI is InChI=1S/C38H56F2N8O5/c1-38(2,3)53-36(51)41-28-23-47(43-32(28)34(39)40)27-11-9-25(10-12-27)21-44(4)18-15-24-16-19-46(20-17-24)22-26-7-6-8-29-33(26)45(5)37(52)48(29)30-13-14-31(49)42-35(30)50/h6-8,23-25,27,30-31,34,49H,9-22H2,1-5H3,(H,41,51)(H,42,50). The summed E-state index contributed by atoms with van der Waals surface area (Å²) in [6.45, 7) is 9.91. The third kappa shape index (κ3) is 9.29. The number of rotatable bonds is 11. The van der Waals surface area contributed by atoms with E-state index in [2.05, 4.69) is 38.6 Å². The van der Waals surface area contributed by atoms with Crippen LogP contribution in [0, 0.1) is 11.8 Å². The fourth-order valence-corrected chi connectivity index (χ4v) is 8.44. The quantitative estimate of drug-likeness (QED) is 0.233. The molecular formula is C38H56F2N8O5. The van der Waals surface area contributed by atoms with Gasteiger partial charge >= 0.3 is 11.8 Å². The van der Waals surface area contributed by atoms with Gasteiger partial charge in [0.1, 0.15) is 17.9 Å². The van der Waals surface area contributed by atoms with E-state index in [1.807, 2.05) is 12.1 Å². The molecule has 3 N–H and O–H groups in total. The SMILES string of the molecule is CN(CCC1CCN(Cc2cccc3c2n(C)c(=O)n3C2CCC(O)NC2=O)CC1)CC1CCC(n2cc(NC(=O)OC(C)(C)C)c(C(F)F)n2)CC1. The third-order valence-electron chi connectivity index (χ3n) is 11.2. The van der Waals surface area contributed by atoms with E-state index in [9.17, 15) is 28.3 Å². The van der Waals surface area contributed by atoms with Gasteiger partial charge in [0.05, 0.1) is 22.8 Å². The molecule has 2 saturated heterocycles. The van der Waals surface area contributed by atoms with Crippen LogP contribution in [-0.2, 0) is 23.1 Å². The summed E-state index contributed by atoms with van der Waals surface area (Å²) in [6.07, 6.45) is 4.94. The summed E-state index contributed by atoms with van der Waals surface area (Å²) >= 11 is 0. The van der Waals surface area contributed by atoms with Crippen LogP contribution in [-0.4, -0.2) is 90.9 Å². The number of ether oxygens (including phenoxy) is 1. The van der Waals surface area contributed by atoms with Gasteiger partial charge in [-0.25, -0.2) is 18.4 Å². The van der Waals surface area contributed by atoms with Crippen molar-refractivity contribution in [1.82, 2.24) is 34.0 Å². The van der Waals surface area contributed by atoms with Crippen molar-refractivity contribution < 1.29 is 28.2 Å². The second-order valence-electron chi connectivity index (χ2n) is 16.4. The number of likely N-dealkylation sites (tertiary alicyclic amines) is 1. The van der Waals surface area contributed by atoms with Crippen LogP contribution in [0.3, 0.4) is 0 Å². The molecule has 3 aliphatic rings. The monoisotopic (exact) mass is 742 g/mol. The second kappa shape index (κ2) is 16.3. The molecule has 1 aliphatic carbocycles. The summed E-state index contributed by atoms with van der Waals surface area (Å²) in [5, 5.41) is 19.0. The number of imidazole rings is 1. The van der Waals surface area contributed by atoms with E-state index in [4.69, 9.17) is 4.74 Å². The number of para-hydroxylation sites is 1. The smallest absolute Gasteiger partial charge is 0.412 e. The molecule has 2 aromatic heterocycles. The summed E-state index contributed by atoms with van der Waals surface area (Å²) in [4.78, 5) is 43.2. The van der Waals surface area contributed by atoms with Gasteiger partial charge in [0.25, 0.3) is 6.43 Å². The molecule has 292 valence electrons. The zero-order valence-electron chi connectivity index (χ0n) is 31.7. The molecule has 0 radical (unpaired) electrons. The Labute approximate surface area is 309 Å². The van der Waals surface area contributed by atoms with Gasteiger partial charge in [-0.3, -0.25) is 28.8 Å². The molecule has 2 atom stereocenters. The van der Waals surface area contributed by atoms with Crippen LogP contribution in [0.5, 0.6) is 0 Å². The first-order valence-corrected chi connectivity index (χ1v) is 19.1. The number of carbonyl (C=O) groups excluding carboxylic acids is 2. The van der Waals surface area contributed by atoms with Crippen molar-refractivity contribution >= 4 is 28.7 Å². The molecule has 53 heavy (non-hydrogen) atoms. The molecule has 2 unspecified atom stereocenters. The van der Waals surface area contributed by atoms with E-state index in [0.29, 0.717) is 24.7 Å². The lowest BCUT2D eigenvalue weighted by Crippen LogP contribution is -2.46. The van der Waals surface area contributed by atoms with Crippen molar-refractivity contribution in [1.29, 1.82) is 0 Å². The molecular weight excluding hydrogens is 686 g/mol. The number of hydrogen-bond acceptors (Lipinski definition) is 8. The van der Waals surface area contributed by atoms with Crippen molar-refractivity contribution in [3.8, 4) is 0 Å². The maximum atomic E-state index is 13.8. The molecule has 0 bridgehead atoms. The second-order valence-corrected chi connectivity index (χ2v) is 16.4. The molecule has 1 saturated carbocycles.